The zero-order chi connectivity index (χ0) is 14.7. The first kappa shape index (κ1) is 14.0. The van der Waals surface area contributed by atoms with Crippen LogP contribution in [0.1, 0.15) is 13.3 Å². The standard InChI is InChI=1S/C16H24N4O/c1-12-9-17-16(19-12)18-10-13-6-7-20(11-13)14-4-3-5-15(8-14)21-2/h3-5,8,12-13H,6-7,9-11H2,1-2H3,(H2,17,18,19). The second-order valence-corrected chi connectivity index (χ2v) is 5.92. The van der Waals surface area contributed by atoms with Crippen molar-refractivity contribution in [2.45, 2.75) is 19.4 Å². The van der Waals surface area contributed by atoms with Crippen LogP contribution in [0.5, 0.6) is 5.75 Å². The highest BCUT2D eigenvalue weighted by molar-refractivity contribution is 5.81. The largest absolute Gasteiger partial charge is 0.497 e. The SMILES string of the molecule is COc1cccc(N2CCC(CNC3=NCC(C)N3)C2)c1. The average Bonchev–Trinajstić information content (AvgIpc) is 3.14. The topological polar surface area (TPSA) is 48.9 Å². The molecule has 1 fully saturated rings. The van der Waals surface area contributed by atoms with E-state index in [2.05, 4.69) is 45.6 Å². The van der Waals surface area contributed by atoms with Crippen LogP contribution in [0.4, 0.5) is 5.69 Å². The summed E-state index contributed by atoms with van der Waals surface area (Å²) in [6, 6.07) is 8.77. The summed E-state index contributed by atoms with van der Waals surface area (Å²) < 4.78 is 5.30. The smallest absolute Gasteiger partial charge is 0.191 e. The summed E-state index contributed by atoms with van der Waals surface area (Å²) in [7, 11) is 1.71. The third kappa shape index (κ3) is 3.40. The second kappa shape index (κ2) is 6.24. The summed E-state index contributed by atoms with van der Waals surface area (Å²) in [5.41, 5.74) is 1.25. The van der Waals surface area contributed by atoms with E-state index in [0.29, 0.717) is 12.0 Å². The van der Waals surface area contributed by atoms with Crippen LogP contribution in [0.2, 0.25) is 0 Å². The highest BCUT2D eigenvalue weighted by Crippen LogP contribution is 2.26. The van der Waals surface area contributed by atoms with Gasteiger partial charge in [-0.3, -0.25) is 4.99 Å². The molecule has 21 heavy (non-hydrogen) atoms. The van der Waals surface area contributed by atoms with Gasteiger partial charge in [-0.2, -0.15) is 0 Å². The zero-order valence-electron chi connectivity index (χ0n) is 12.8. The maximum Gasteiger partial charge on any atom is 0.191 e. The van der Waals surface area contributed by atoms with Crippen LogP contribution in [0.15, 0.2) is 29.3 Å². The van der Waals surface area contributed by atoms with Gasteiger partial charge in [-0.15, -0.1) is 0 Å². The molecular weight excluding hydrogens is 264 g/mol. The lowest BCUT2D eigenvalue weighted by Gasteiger charge is -2.19. The molecule has 3 rings (SSSR count). The summed E-state index contributed by atoms with van der Waals surface area (Å²) in [5, 5.41) is 6.78. The number of nitrogens with one attached hydrogen (secondary N) is 2. The van der Waals surface area contributed by atoms with E-state index >= 15 is 0 Å². The lowest BCUT2D eigenvalue weighted by Crippen LogP contribution is -2.40. The van der Waals surface area contributed by atoms with Gasteiger partial charge in [0.2, 0.25) is 0 Å². The Labute approximate surface area is 126 Å². The number of ether oxygens (including phenoxy) is 1. The molecule has 1 aromatic carbocycles. The molecule has 1 saturated heterocycles. The van der Waals surface area contributed by atoms with E-state index in [4.69, 9.17) is 4.74 Å². The number of hydrogen-bond acceptors (Lipinski definition) is 5. The minimum Gasteiger partial charge on any atom is -0.497 e. The zero-order valence-corrected chi connectivity index (χ0v) is 12.8. The Balaban J connectivity index is 1.51. The van der Waals surface area contributed by atoms with Gasteiger partial charge in [0.05, 0.1) is 13.7 Å². The summed E-state index contributed by atoms with van der Waals surface area (Å²) in [5.74, 6) is 2.55. The predicted molar refractivity (Wildman–Crippen MR) is 86.2 cm³/mol. The Kier molecular flexibility index (Phi) is 4.18. The van der Waals surface area contributed by atoms with Gasteiger partial charge in [0.25, 0.3) is 0 Å². The fourth-order valence-electron chi connectivity index (χ4n) is 2.94. The first-order chi connectivity index (χ1) is 10.2. The molecule has 0 saturated carbocycles. The van der Waals surface area contributed by atoms with Crippen molar-refractivity contribution in [2.24, 2.45) is 10.9 Å². The first-order valence-corrected chi connectivity index (χ1v) is 7.68. The van der Waals surface area contributed by atoms with E-state index < -0.39 is 0 Å². The molecule has 2 unspecified atom stereocenters. The molecule has 5 heteroatoms. The number of methoxy groups -OCH3 is 1. The molecule has 1 aromatic rings. The molecule has 2 aliphatic heterocycles. The number of guanidine groups is 1. The highest BCUT2D eigenvalue weighted by atomic mass is 16.5. The van der Waals surface area contributed by atoms with Crippen molar-refractivity contribution in [1.29, 1.82) is 0 Å². The van der Waals surface area contributed by atoms with Crippen LogP contribution in [0.3, 0.4) is 0 Å². The number of nitrogens with zero attached hydrogens (tertiary/aromatic N) is 2. The Hall–Kier alpha value is -1.91. The van der Waals surface area contributed by atoms with Gasteiger partial charge in [0.1, 0.15) is 5.75 Å². The Bertz CT molecular complexity index is 517. The van der Waals surface area contributed by atoms with E-state index in [9.17, 15) is 0 Å². The first-order valence-electron chi connectivity index (χ1n) is 7.68. The normalized spacial score (nSPS) is 24.7. The number of aliphatic imine (C=N–C) groups is 1. The Morgan fingerprint density at radius 3 is 3.14 bits per heavy atom. The molecule has 2 heterocycles. The fourth-order valence-corrected chi connectivity index (χ4v) is 2.94. The summed E-state index contributed by atoms with van der Waals surface area (Å²) in [4.78, 5) is 6.87. The number of anilines is 1. The van der Waals surface area contributed by atoms with Crippen molar-refractivity contribution in [2.75, 3.05) is 38.2 Å². The summed E-state index contributed by atoms with van der Waals surface area (Å²) in [6.07, 6.45) is 1.22. The van der Waals surface area contributed by atoms with Crippen molar-refractivity contribution in [3.63, 3.8) is 0 Å². The maximum absolute atomic E-state index is 5.30. The lowest BCUT2D eigenvalue weighted by molar-refractivity contribution is 0.415. The van der Waals surface area contributed by atoms with Crippen molar-refractivity contribution in [1.82, 2.24) is 10.6 Å². The Morgan fingerprint density at radius 1 is 1.48 bits per heavy atom. The van der Waals surface area contributed by atoms with Gasteiger partial charge in [0.15, 0.2) is 5.96 Å². The monoisotopic (exact) mass is 288 g/mol. The van der Waals surface area contributed by atoms with Crippen molar-refractivity contribution in [3.8, 4) is 5.75 Å². The van der Waals surface area contributed by atoms with Crippen LogP contribution in [-0.2, 0) is 0 Å². The third-order valence-electron chi connectivity index (χ3n) is 4.17. The van der Waals surface area contributed by atoms with Gasteiger partial charge in [-0.1, -0.05) is 6.07 Å². The molecule has 114 valence electrons. The van der Waals surface area contributed by atoms with Crippen LogP contribution in [0.25, 0.3) is 0 Å². The quantitative estimate of drug-likeness (QED) is 0.880. The maximum atomic E-state index is 5.30. The van der Waals surface area contributed by atoms with Gasteiger partial charge in [-0.25, -0.2) is 0 Å². The molecule has 0 aromatic heterocycles. The fraction of sp³-hybridized carbons (Fsp3) is 0.562. The molecule has 2 atom stereocenters. The molecular formula is C16H24N4O. The average molecular weight is 288 g/mol. The van der Waals surface area contributed by atoms with Crippen molar-refractivity contribution < 1.29 is 4.74 Å². The molecule has 5 nitrogen and oxygen atoms in total. The third-order valence-corrected chi connectivity index (χ3v) is 4.17. The van der Waals surface area contributed by atoms with E-state index in [0.717, 1.165) is 37.9 Å². The Morgan fingerprint density at radius 2 is 2.38 bits per heavy atom. The van der Waals surface area contributed by atoms with Gasteiger partial charge >= 0.3 is 0 Å². The molecule has 0 aliphatic carbocycles. The van der Waals surface area contributed by atoms with Crippen LogP contribution < -0.4 is 20.3 Å². The van der Waals surface area contributed by atoms with Crippen LogP contribution in [-0.4, -0.2) is 45.3 Å². The van der Waals surface area contributed by atoms with Crippen molar-refractivity contribution >= 4 is 11.6 Å². The second-order valence-electron chi connectivity index (χ2n) is 5.92. The lowest BCUT2D eigenvalue weighted by atomic mass is 10.1. The number of rotatable bonds is 4. The molecule has 2 aliphatic rings. The van der Waals surface area contributed by atoms with Crippen LogP contribution >= 0.6 is 0 Å². The summed E-state index contributed by atoms with van der Waals surface area (Å²) >= 11 is 0. The van der Waals surface area contributed by atoms with Gasteiger partial charge in [-0.05, 0) is 31.4 Å². The molecule has 0 radical (unpaired) electrons. The molecule has 0 bridgehead atoms. The van der Waals surface area contributed by atoms with Gasteiger partial charge < -0.3 is 20.3 Å². The number of hydrogen-bond donors (Lipinski definition) is 2. The molecule has 0 spiro atoms. The van der Waals surface area contributed by atoms with E-state index in [1.807, 2.05) is 6.07 Å². The number of benzene rings is 1. The molecule has 2 N–H and O–H groups in total. The predicted octanol–water partition coefficient (Wildman–Crippen LogP) is 1.46. The van der Waals surface area contributed by atoms with E-state index in [1.165, 1.54) is 12.1 Å². The van der Waals surface area contributed by atoms with Crippen LogP contribution in [0, 0.1) is 5.92 Å². The minimum atomic E-state index is 0.462. The van der Waals surface area contributed by atoms with Crippen molar-refractivity contribution in [3.05, 3.63) is 24.3 Å². The van der Waals surface area contributed by atoms with E-state index in [-0.39, 0.29) is 0 Å². The summed E-state index contributed by atoms with van der Waals surface area (Å²) in [6.45, 7) is 6.21. The minimum absolute atomic E-state index is 0.462. The highest BCUT2D eigenvalue weighted by Gasteiger charge is 2.23. The van der Waals surface area contributed by atoms with Gasteiger partial charge in [0, 0.05) is 37.4 Å². The molecule has 0 amide bonds. The van der Waals surface area contributed by atoms with E-state index in [1.54, 1.807) is 7.11 Å².